The molecule has 0 radical (unpaired) electrons. The SMILES string of the molecule is CCC(CC)NC(=O)Nc1ccc(Oc2ccc(NC(=O)c3ccc(-n4ccc(CN5CCCCC5)c4)cc3)cc2C)cc1. The summed E-state index contributed by atoms with van der Waals surface area (Å²) >= 11 is 0. The van der Waals surface area contributed by atoms with Crippen molar-refractivity contribution in [1.29, 1.82) is 0 Å². The zero-order valence-corrected chi connectivity index (χ0v) is 25.9. The van der Waals surface area contributed by atoms with E-state index in [1.807, 2.05) is 73.7 Å². The first kappa shape index (κ1) is 30.9. The van der Waals surface area contributed by atoms with Crippen LogP contribution in [-0.2, 0) is 6.54 Å². The number of aromatic nitrogens is 1. The van der Waals surface area contributed by atoms with Gasteiger partial charge in [0.2, 0.25) is 0 Å². The molecule has 1 saturated heterocycles. The zero-order valence-electron chi connectivity index (χ0n) is 25.9. The average Bonchev–Trinajstić information content (AvgIpc) is 3.51. The van der Waals surface area contributed by atoms with Crippen molar-refractivity contribution in [3.63, 3.8) is 0 Å². The topological polar surface area (TPSA) is 87.6 Å². The third kappa shape index (κ3) is 8.29. The molecule has 0 atom stereocenters. The lowest BCUT2D eigenvalue weighted by Gasteiger charge is -2.25. The molecule has 0 aliphatic carbocycles. The van der Waals surface area contributed by atoms with Gasteiger partial charge in [-0.15, -0.1) is 0 Å². The Hall–Kier alpha value is -4.56. The van der Waals surface area contributed by atoms with E-state index in [4.69, 9.17) is 4.74 Å². The van der Waals surface area contributed by atoms with Crippen molar-refractivity contribution < 1.29 is 14.3 Å². The van der Waals surface area contributed by atoms with E-state index in [0.717, 1.165) is 30.6 Å². The number of likely N-dealkylation sites (tertiary alicyclic amines) is 1. The minimum Gasteiger partial charge on any atom is -0.457 e. The molecule has 3 N–H and O–H groups in total. The summed E-state index contributed by atoms with van der Waals surface area (Å²) in [5, 5.41) is 8.82. The predicted octanol–water partition coefficient (Wildman–Crippen LogP) is 8.13. The Bertz CT molecular complexity index is 1540. The molecular weight excluding hydrogens is 550 g/mol. The molecule has 8 heteroatoms. The number of carbonyl (C=O) groups excluding carboxylic acids is 2. The number of amides is 3. The Labute approximate surface area is 260 Å². The summed E-state index contributed by atoms with van der Waals surface area (Å²) < 4.78 is 8.18. The number of anilines is 2. The lowest BCUT2D eigenvalue weighted by molar-refractivity contribution is 0.102. The molecule has 0 unspecified atom stereocenters. The van der Waals surface area contributed by atoms with Crippen LogP contribution in [0.15, 0.2) is 85.2 Å². The van der Waals surface area contributed by atoms with Crippen molar-refractivity contribution in [3.05, 3.63) is 102 Å². The van der Waals surface area contributed by atoms with Crippen molar-refractivity contribution in [1.82, 2.24) is 14.8 Å². The van der Waals surface area contributed by atoms with Crippen LogP contribution < -0.4 is 20.7 Å². The zero-order chi connectivity index (χ0) is 30.9. The molecule has 3 aromatic carbocycles. The highest BCUT2D eigenvalue weighted by molar-refractivity contribution is 6.04. The van der Waals surface area contributed by atoms with Gasteiger partial charge in [0.05, 0.1) is 0 Å². The van der Waals surface area contributed by atoms with Crippen LogP contribution in [0, 0.1) is 6.92 Å². The highest BCUT2D eigenvalue weighted by Crippen LogP contribution is 2.28. The summed E-state index contributed by atoms with van der Waals surface area (Å²) in [5.41, 5.74) is 5.20. The number of hydrogen-bond acceptors (Lipinski definition) is 4. The second-order valence-corrected chi connectivity index (χ2v) is 11.5. The van der Waals surface area contributed by atoms with E-state index in [9.17, 15) is 9.59 Å². The van der Waals surface area contributed by atoms with E-state index >= 15 is 0 Å². The molecule has 5 rings (SSSR count). The van der Waals surface area contributed by atoms with E-state index in [0.29, 0.717) is 28.4 Å². The first-order valence-corrected chi connectivity index (χ1v) is 15.7. The van der Waals surface area contributed by atoms with E-state index < -0.39 is 0 Å². The van der Waals surface area contributed by atoms with Crippen LogP contribution in [0.4, 0.5) is 16.2 Å². The molecule has 1 aromatic heterocycles. The molecule has 0 bridgehead atoms. The summed E-state index contributed by atoms with van der Waals surface area (Å²) in [4.78, 5) is 27.7. The highest BCUT2D eigenvalue weighted by atomic mass is 16.5. The summed E-state index contributed by atoms with van der Waals surface area (Å²) in [6.45, 7) is 9.39. The average molecular weight is 594 g/mol. The van der Waals surface area contributed by atoms with Gasteiger partial charge in [0.25, 0.3) is 5.91 Å². The fourth-order valence-corrected chi connectivity index (χ4v) is 5.48. The van der Waals surface area contributed by atoms with Crippen LogP contribution in [0.25, 0.3) is 5.69 Å². The molecule has 0 saturated carbocycles. The monoisotopic (exact) mass is 593 g/mol. The normalized spacial score (nSPS) is 13.5. The van der Waals surface area contributed by atoms with Gasteiger partial charge < -0.3 is 25.3 Å². The number of hydrogen-bond donors (Lipinski definition) is 3. The van der Waals surface area contributed by atoms with Gasteiger partial charge in [0.1, 0.15) is 11.5 Å². The lowest BCUT2D eigenvalue weighted by atomic mass is 10.1. The van der Waals surface area contributed by atoms with Gasteiger partial charge in [-0.1, -0.05) is 20.3 Å². The fourth-order valence-electron chi connectivity index (χ4n) is 5.48. The predicted molar refractivity (Wildman–Crippen MR) is 177 cm³/mol. The van der Waals surface area contributed by atoms with E-state index in [1.165, 1.54) is 37.9 Å². The Kier molecular flexibility index (Phi) is 10.4. The van der Waals surface area contributed by atoms with E-state index in [1.54, 1.807) is 0 Å². The molecule has 8 nitrogen and oxygen atoms in total. The fraction of sp³-hybridized carbons (Fsp3) is 0.333. The van der Waals surface area contributed by atoms with Crippen molar-refractivity contribution in [3.8, 4) is 17.2 Å². The number of aryl methyl sites for hydroxylation is 1. The van der Waals surface area contributed by atoms with Gasteiger partial charge in [-0.25, -0.2) is 4.79 Å². The maximum Gasteiger partial charge on any atom is 0.319 e. The van der Waals surface area contributed by atoms with E-state index in [2.05, 4.69) is 57.7 Å². The maximum atomic E-state index is 13.0. The van der Waals surface area contributed by atoms with Crippen molar-refractivity contribution in [2.75, 3.05) is 23.7 Å². The number of nitrogens with zero attached hydrogens (tertiary/aromatic N) is 2. The highest BCUT2D eigenvalue weighted by Gasteiger charge is 2.13. The second kappa shape index (κ2) is 14.8. The molecule has 2 heterocycles. The van der Waals surface area contributed by atoms with Gasteiger partial charge in [-0.3, -0.25) is 9.69 Å². The largest absolute Gasteiger partial charge is 0.457 e. The Morgan fingerprint density at radius 2 is 1.55 bits per heavy atom. The van der Waals surface area contributed by atoms with Crippen LogP contribution >= 0.6 is 0 Å². The quantitative estimate of drug-likeness (QED) is 0.164. The number of piperidine rings is 1. The molecule has 4 aromatic rings. The minimum atomic E-state index is -0.213. The standard InChI is InChI=1S/C36H43N5O3/c1-4-29(5-2)38-36(43)39-30-11-16-33(17-12-30)44-34-18-13-31(23-26(34)3)37-35(42)28-9-14-32(15-10-28)41-22-19-27(25-41)24-40-20-7-6-8-21-40/h9-19,22-23,25,29H,4-8,20-21,24H2,1-3H3,(H,37,42)(H2,38,39,43). The van der Waals surface area contributed by atoms with Crippen LogP contribution in [0.5, 0.6) is 11.5 Å². The maximum absolute atomic E-state index is 13.0. The molecule has 3 amide bonds. The Morgan fingerprint density at radius 3 is 2.23 bits per heavy atom. The molecule has 0 spiro atoms. The van der Waals surface area contributed by atoms with Crippen LogP contribution in [0.3, 0.4) is 0 Å². The number of nitrogens with one attached hydrogen (secondary N) is 3. The number of carbonyl (C=O) groups is 2. The van der Waals surface area contributed by atoms with Gasteiger partial charge in [0, 0.05) is 47.6 Å². The summed E-state index contributed by atoms with van der Waals surface area (Å²) in [5.74, 6) is 1.17. The Balaban J connectivity index is 1.13. The third-order valence-electron chi connectivity index (χ3n) is 8.13. The third-order valence-corrected chi connectivity index (χ3v) is 8.13. The number of urea groups is 1. The smallest absolute Gasteiger partial charge is 0.319 e. The van der Waals surface area contributed by atoms with Crippen LogP contribution in [0.1, 0.15) is 67.4 Å². The van der Waals surface area contributed by atoms with Gasteiger partial charge in [-0.05, 0) is 130 Å². The molecular formula is C36H43N5O3. The summed E-state index contributed by atoms with van der Waals surface area (Å²) in [6, 6.07) is 22.6. The molecule has 1 aliphatic rings. The molecule has 44 heavy (non-hydrogen) atoms. The van der Waals surface area contributed by atoms with Crippen LogP contribution in [0.2, 0.25) is 0 Å². The summed E-state index contributed by atoms with van der Waals surface area (Å²) in [7, 11) is 0. The van der Waals surface area contributed by atoms with Crippen molar-refractivity contribution >= 4 is 23.3 Å². The first-order chi connectivity index (χ1) is 21.4. The molecule has 1 aliphatic heterocycles. The van der Waals surface area contributed by atoms with Gasteiger partial charge in [-0.2, -0.15) is 0 Å². The first-order valence-electron chi connectivity index (χ1n) is 15.7. The molecule has 230 valence electrons. The van der Waals surface area contributed by atoms with E-state index in [-0.39, 0.29) is 18.0 Å². The summed E-state index contributed by atoms with van der Waals surface area (Å²) in [6.07, 6.45) is 9.96. The Morgan fingerprint density at radius 1 is 0.841 bits per heavy atom. The van der Waals surface area contributed by atoms with Crippen LogP contribution in [-0.4, -0.2) is 40.5 Å². The van der Waals surface area contributed by atoms with Crippen molar-refractivity contribution in [2.45, 2.75) is 65.5 Å². The van der Waals surface area contributed by atoms with Gasteiger partial charge >= 0.3 is 6.03 Å². The number of ether oxygens (including phenoxy) is 1. The second-order valence-electron chi connectivity index (χ2n) is 11.5. The molecule has 1 fully saturated rings. The van der Waals surface area contributed by atoms with Gasteiger partial charge in [0.15, 0.2) is 0 Å². The minimum absolute atomic E-state index is 0.159. The van der Waals surface area contributed by atoms with Crippen molar-refractivity contribution in [2.24, 2.45) is 0 Å². The lowest BCUT2D eigenvalue weighted by Crippen LogP contribution is -2.37. The number of benzene rings is 3. The number of rotatable bonds is 11.